The van der Waals surface area contributed by atoms with E-state index in [0.717, 1.165) is 34.2 Å². The van der Waals surface area contributed by atoms with Crippen LogP contribution in [0.15, 0.2) is 39.7 Å². The molecule has 34 heavy (non-hydrogen) atoms. The van der Waals surface area contributed by atoms with E-state index in [1.54, 1.807) is 24.3 Å². The van der Waals surface area contributed by atoms with Crippen molar-refractivity contribution in [3.63, 3.8) is 0 Å². The van der Waals surface area contributed by atoms with E-state index in [-0.39, 0.29) is 11.4 Å². The maximum absolute atomic E-state index is 12.9. The molecule has 180 valence electrons. The van der Waals surface area contributed by atoms with Crippen molar-refractivity contribution in [2.24, 2.45) is 0 Å². The molecule has 0 spiro atoms. The fourth-order valence-electron chi connectivity index (χ4n) is 3.35. The Labute approximate surface area is 212 Å². The Balaban J connectivity index is 1.76. The first kappa shape index (κ1) is 25.8. The predicted octanol–water partition coefficient (Wildman–Crippen LogP) is 5.93. The molecule has 1 N–H and O–H groups in total. The molecule has 3 rings (SSSR count). The molecule has 1 heterocycles. The van der Waals surface area contributed by atoms with Crippen LogP contribution in [0.5, 0.6) is 11.5 Å². The second-order valence-electron chi connectivity index (χ2n) is 7.75. The zero-order valence-corrected chi connectivity index (χ0v) is 22.0. The van der Waals surface area contributed by atoms with Crippen LogP contribution in [0.1, 0.15) is 37.0 Å². The van der Waals surface area contributed by atoms with E-state index in [9.17, 15) is 14.4 Å². The number of halogens is 1. The predicted molar refractivity (Wildman–Crippen MR) is 138 cm³/mol. The molecule has 0 radical (unpaired) electrons. The summed E-state index contributed by atoms with van der Waals surface area (Å²) in [6.45, 7) is 8.38. The van der Waals surface area contributed by atoms with E-state index in [0.29, 0.717) is 40.4 Å². The summed E-state index contributed by atoms with van der Waals surface area (Å²) in [6, 6.07) is 9.21. The summed E-state index contributed by atoms with van der Waals surface area (Å²) in [7, 11) is 0. The van der Waals surface area contributed by atoms with Gasteiger partial charge in [-0.1, -0.05) is 24.6 Å². The maximum Gasteiger partial charge on any atom is 0.294 e. The van der Waals surface area contributed by atoms with Crippen LogP contribution in [-0.2, 0) is 9.59 Å². The summed E-state index contributed by atoms with van der Waals surface area (Å²) in [5.74, 6) is 0.196. The highest BCUT2D eigenvalue weighted by Gasteiger charge is 2.36. The fraction of sp³-hybridized carbons (Fsp3) is 0.320. The summed E-state index contributed by atoms with van der Waals surface area (Å²) in [5.41, 5.74) is 3.31. The SMILES string of the molecule is CCCOc1c(Br)cc(/C=C2\SC(=O)N(CC(=O)Nc3ccc(C)cc3C)C2=O)cc1OCC. The number of thioether (sulfide) groups is 1. The molecule has 7 nitrogen and oxygen atoms in total. The van der Waals surface area contributed by atoms with E-state index >= 15 is 0 Å². The topological polar surface area (TPSA) is 84.9 Å². The minimum atomic E-state index is -0.508. The van der Waals surface area contributed by atoms with E-state index in [4.69, 9.17) is 9.47 Å². The standard InChI is InChI=1S/C25H27BrN2O5S/c1-5-9-33-23-18(26)11-17(12-20(23)32-6-2)13-21-24(30)28(25(31)34-21)14-22(29)27-19-8-7-15(3)10-16(19)4/h7-8,10-13H,5-6,9,14H2,1-4H3,(H,27,29)/b21-13-. The summed E-state index contributed by atoms with van der Waals surface area (Å²) in [5, 5.41) is 2.28. The number of amides is 3. The van der Waals surface area contributed by atoms with Crippen LogP contribution in [0, 0.1) is 13.8 Å². The van der Waals surface area contributed by atoms with Gasteiger partial charge in [0, 0.05) is 5.69 Å². The van der Waals surface area contributed by atoms with Gasteiger partial charge >= 0.3 is 0 Å². The van der Waals surface area contributed by atoms with Gasteiger partial charge < -0.3 is 14.8 Å². The van der Waals surface area contributed by atoms with E-state index in [1.807, 2.05) is 39.8 Å². The second kappa shape index (κ2) is 11.6. The molecule has 1 aliphatic rings. The minimum Gasteiger partial charge on any atom is -0.490 e. The Bertz CT molecular complexity index is 1150. The lowest BCUT2D eigenvalue weighted by Gasteiger charge is -2.14. The Morgan fingerprint density at radius 3 is 2.59 bits per heavy atom. The number of nitrogens with zero attached hydrogens (tertiary/aromatic N) is 1. The minimum absolute atomic E-state index is 0.237. The number of benzene rings is 2. The van der Waals surface area contributed by atoms with Crippen LogP contribution in [0.3, 0.4) is 0 Å². The molecule has 0 aliphatic carbocycles. The third-order valence-corrected chi connectivity index (χ3v) is 6.41. The average Bonchev–Trinajstić information content (AvgIpc) is 3.02. The molecular weight excluding hydrogens is 520 g/mol. The average molecular weight is 547 g/mol. The molecule has 0 saturated carbocycles. The van der Waals surface area contributed by atoms with E-state index < -0.39 is 17.1 Å². The number of ether oxygens (including phenoxy) is 2. The first-order valence-electron chi connectivity index (χ1n) is 10.9. The first-order valence-corrected chi connectivity index (χ1v) is 12.6. The molecular formula is C25H27BrN2O5S. The van der Waals surface area contributed by atoms with Crippen LogP contribution in [0.25, 0.3) is 6.08 Å². The van der Waals surface area contributed by atoms with Gasteiger partial charge in [-0.15, -0.1) is 0 Å². The molecule has 0 bridgehead atoms. The van der Waals surface area contributed by atoms with Gasteiger partial charge in [-0.3, -0.25) is 19.3 Å². The molecule has 1 fully saturated rings. The maximum atomic E-state index is 12.9. The third kappa shape index (κ3) is 6.21. The first-order chi connectivity index (χ1) is 16.2. The lowest BCUT2D eigenvalue weighted by molar-refractivity contribution is -0.127. The summed E-state index contributed by atoms with van der Waals surface area (Å²) >= 11 is 4.31. The number of carbonyl (C=O) groups excluding carboxylic acids is 3. The van der Waals surface area contributed by atoms with Gasteiger partial charge in [0.15, 0.2) is 11.5 Å². The Morgan fingerprint density at radius 2 is 1.91 bits per heavy atom. The zero-order valence-electron chi connectivity index (χ0n) is 19.6. The van der Waals surface area contributed by atoms with Crippen LogP contribution in [-0.4, -0.2) is 41.7 Å². The number of nitrogens with one attached hydrogen (secondary N) is 1. The smallest absolute Gasteiger partial charge is 0.294 e. The summed E-state index contributed by atoms with van der Waals surface area (Å²) in [6.07, 6.45) is 2.47. The van der Waals surface area contributed by atoms with Crippen molar-refractivity contribution in [2.75, 3.05) is 25.1 Å². The van der Waals surface area contributed by atoms with Gasteiger partial charge in [-0.05, 0) is 90.3 Å². The molecule has 0 aromatic heterocycles. The highest BCUT2D eigenvalue weighted by Crippen LogP contribution is 2.39. The molecule has 3 amide bonds. The molecule has 9 heteroatoms. The van der Waals surface area contributed by atoms with Crippen molar-refractivity contribution in [1.82, 2.24) is 4.90 Å². The number of rotatable bonds is 9. The van der Waals surface area contributed by atoms with Gasteiger partial charge in [0.05, 0.1) is 22.6 Å². The number of aryl methyl sites for hydroxylation is 2. The van der Waals surface area contributed by atoms with Gasteiger partial charge in [0.2, 0.25) is 5.91 Å². The summed E-state index contributed by atoms with van der Waals surface area (Å²) < 4.78 is 12.2. The molecule has 0 atom stereocenters. The zero-order chi connectivity index (χ0) is 24.8. The molecule has 0 unspecified atom stereocenters. The number of hydrogen-bond acceptors (Lipinski definition) is 6. The fourth-order valence-corrected chi connectivity index (χ4v) is 4.77. The monoisotopic (exact) mass is 546 g/mol. The van der Waals surface area contributed by atoms with Crippen molar-refractivity contribution in [2.45, 2.75) is 34.1 Å². The van der Waals surface area contributed by atoms with Crippen LogP contribution in [0.2, 0.25) is 0 Å². The van der Waals surface area contributed by atoms with Gasteiger partial charge in [-0.25, -0.2) is 0 Å². The summed E-state index contributed by atoms with van der Waals surface area (Å²) in [4.78, 5) is 39.1. The van der Waals surface area contributed by atoms with Crippen molar-refractivity contribution in [3.8, 4) is 11.5 Å². The molecule has 1 aliphatic heterocycles. The number of imide groups is 1. The molecule has 2 aromatic rings. The van der Waals surface area contributed by atoms with Crippen molar-refractivity contribution >= 4 is 56.5 Å². The Morgan fingerprint density at radius 1 is 1.15 bits per heavy atom. The Kier molecular flexibility index (Phi) is 8.79. The quantitative estimate of drug-likeness (QED) is 0.392. The lowest BCUT2D eigenvalue weighted by Crippen LogP contribution is -2.36. The highest BCUT2D eigenvalue weighted by molar-refractivity contribution is 9.10. The van der Waals surface area contributed by atoms with Crippen LogP contribution in [0.4, 0.5) is 10.5 Å². The second-order valence-corrected chi connectivity index (χ2v) is 9.59. The van der Waals surface area contributed by atoms with Crippen LogP contribution >= 0.6 is 27.7 Å². The number of anilines is 1. The van der Waals surface area contributed by atoms with Crippen molar-refractivity contribution < 1.29 is 23.9 Å². The number of hydrogen-bond donors (Lipinski definition) is 1. The van der Waals surface area contributed by atoms with Crippen molar-refractivity contribution in [3.05, 3.63) is 56.4 Å². The highest BCUT2D eigenvalue weighted by atomic mass is 79.9. The van der Waals surface area contributed by atoms with Gasteiger partial charge in [0.25, 0.3) is 11.1 Å². The van der Waals surface area contributed by atoms with Gasteiger partial charge in [-0.2, -0.15) is 0 Å². The van der Waals surface area contributed by atoms with Gasteiger partial charge in [0.1, 0.15) is 6.54 Å². The largest absolute Gasteiger partial charge is 0.490 e. The van der Waals surface area contributed by atoms with E-state index in [2.05, 4.69) is 21.2 Å². The molecule has 1 saturated heterocycles. The lowest BCUT2D eigenvalue weighted by atomic mass is 10.1. The van der Waals surface area contributed by atoms with Crippen LogP contribution < -0.4 is 14.8 Å². The molecule has 2 aromatic carbocycles. The number of carbonyl (C=O) groups is 3. The third-order valence-electron chi connectivity index (χ3n) is 4.91. The normalized spacial score (nSPS) is 14.6. The van der Waals surface area contributed by atoms with E-state index in [1.165, 1.54) is 0 Å². The Hall–Kier alpha value is -2.78. The van der Waals surface area contributed by atoms with Crippen molar-refractivity contribution in [1.29, 1.82) is 0 Å².